The van der Waals surface area contributed by atoms with Gasteiger partial charge in [0.15, 0.2) is 0 Å². The largest absolute Gasteiger partial charge is 0.379 e. The van der Waals surface area contributed by atoms with Crippen molar-refractivity contribution in [1.29, 1.82) is 0 Å². The van der Waals surface area contributed by atoms with Crippen molar-refractivity contribution in [2.75, 3.05) is 49.7 Å². The first-order chi connectivity index (χ1) is 16.3. The Balaban J connectivity index is 1.37. The van der Waals surface area contributed by atoms with Crippen LogP contribution in [0.4, 0.5) is 17.3 Å². The summed E-state index contributed by atoms with van der Waals surface area (Å²) in [7, 11) is 0. The molecule has 1 aromatic heterocycles. The lowest BCUT2D eigenvalue weighted by Crippen LogP contribution is -2.47. The van der Waals surface area contributed by atoms with Crippen molar-refractivity contribution < 1.29 is 9.53 Å². The number of hydrogen-bond acceptors (Lipinski definition) is 7. The number of morpholine rings is 1. The second-order valence-corrected chi connectivity index (χ2v) is 8.21. The number of para-hydroxylation sites is 1. The Morgan fingerprint density at radius 1 is 1.06 bits per heavy atom. The molecule has 2 N–H and O–H groups in total. The molecule has 8 heteroatoms. The predicted octanol–water partition coefficient (Wildman–Crippen LogP) is 3.08. The van der Waals surface area contributed by atoms with Crippen LogP contribution in [0.5, 0.6) is 0 Å². The van der Waals surface area contributed by atoms with Gasteiger partial charge in [0.05, 0.1) is 30.5 Å². The van der Waals surface area contributed by atoms with Crippen LogP contribution in [-0.4, -0.2) is 60.3 Å². The third-order valence-electron chi connectivity index (χ3n) is 5.98. The third-order valence-corrected chi connectivity index (χ3v) is 5.98. The van der Waals surface area contributed by atoms with Gasteiger partial charge in [0.25, 0.3) is 0 Å². The molecule has 8 nitrogen and oxygen atoms in total. The lowest BCUT2D eigenvalue weighted by Gasteiger charge is -2.37. The lowest BCUT2D eigenvalue weighted by atomic mass is 10.1. The van der Waals surface area contributed by atoms with Crippen molar-refractivity contribution in [2.24, 2.45) is 5.92 Å². The summed E-state index contributed by atoms with van der Waals surface area (Å²) in [4.78, 5) is 21.9. The van der Waals surface area contributed by atoms with E-state index in [0.717, 1.165) is 55.2 Å². The van der Waals surface area contributed by atoms with Crippen LogP contribution < -0.4 is 15.6 Å². The van der Waals surface area contributed by atoms with Crippen molar-refractivity contribution in [3.05, 3.63) is 66.9 Å². The monoisotopic (exact) mass is 444 g/mol. The van der Waals surface area contributed by atoms with E-state index in [-0.39, 0.29) is 11.8 Å². The molecule has 170 valence electrons. The average molecular weight is 445 g/mol. The van der Waals surface area contributed by atoms with Crippen molar-refractivity contribution in [2.45, 2.75) is 6.42 Å². The van der Waals surface area contributed by atoms with Gasteiger partial charge in [0, 0.05) is 37.1 Å². The molecule has 2 aromatic carbocycles. The van der Waals surface area contributed by atoms with E-state index in [2.05, 4.69) is 37.8 Å². The summed E-state index contributed by atoms with van der Waals surface area (Å²) < 4.78 is 5.54. The van der Waals surface area contributed by atoms with E-state index in [9.17, 15) is 4.79 Å². The molecule has 3 heterocycles. The van der Waals surface area contributed by atoms with Crippen LogP contribution >= 0.6 is 0 Å². The molecular formula is C25H28N6O2. The molecule has 1 atom stereocenters. The van der Waals surface area contributed by atoms with Crippen LogP contribution in [0.25, 0.3) is 11.3 Å². The van der Waals surface area contributed by atoms with Crippen molar-refractivity contribution in [1.82, 2.24) is 20.3 Å². The Morgan fingerprint density at radius 2 is 1.85 bits per heavy atom. The maximum atomic E-state index is 12.4. The number of amides is 1. The molecule has 0 aliphatic carbocycles. The number of carbonyl (C=O) groups is 1. The molecule has 2 aliphatic heterocycles. The first kappa shape index (κ1) is 21.5. The number of hydrazine groups is 1. The van der Waals surface area contributed by atoms with E-state index in [4.69, 9.17) is 9.72 Å². The van der Waals surface area contributed by atoms with Gasteiger partial charge in [-0.2, -0.15) is 0 Å². The number of rotatable bonds is 6. The third kappa shape index (κ3) is 5.03. The van der Waals surface area contributed by atoms with Gasteiger partial charge in [0.2, 0.25) is 11.9 Å². The number of anilines is 3. The van der Waals surface area contributed by atoms with Gasteiger partial charge < -0.3 is 15.4 Å². The maximum absolute atomic E-state index is 12.4. The second-order valence-electron chi connectivity index (χ2n) is 8.21. The van der Waals surface area contributed by atoms with Crippen LogP contribution in [0.2, 0.25) is 0 Å². The molecular weight excluding hydrogens is 416 g/mol. The van der Waals surface area contributed by atoms with Crippen LogP contribution in [0.1, 0.15) is 6.42 Å². The summed E-state index contributed by atoms with van der Waals surface area (Å²) in [6.45, 7) is 4.53. The molecule has 0 saturated carbocycles. The van der Waals surface area contributed by atoms with Crippen molar-refractivity contribution in [3.63, 3.8) is 0 Å². The highest BCUT2D eigenvalue weighted by Gasteiger charge is 2.24. The highest BCUT2D eigenvalue weighted by molar-refractivity contribution is 5.93. The van der Waals surface area contributed by atoms with Gasteiger partial charge in [-0.1, -0.05) is 30.3 Å². The van der Waals surface area contributed by atoms with Crippen LogP contribution in [-0.2, 0) is 9.53 Å². The fraction of sp³-hybridized carbons (Fsp3) is 0.320. The van der Waals surface area contributed by atoms with Gasteiger partial charge in [-0.3, -0.25) is 4.79 Å². The molecule has 1 unspecified atom stereocenters. The molecule has 3 aromatic rings. The number of nitrogens with one attached hydrogen (secondary N) is 2. The molecule has 2 saturated heterocycles. The number of aromatic nitrogens is 2. The number of benzene rings is 2. The smallest absolute Gasteiger partial charge is 0.245 e. The zero-order valence-corrected chi connectivity index (χ0v) is 18.5. The Kier molecular flexibility index (Phi) is 6.57. The first-order valence-corrected chi connectivity index (χ1v) is 11.4. The minimum atomic E-state index is 0.0401. The number of hydrogen-bond donors (Lipinski definition) is 2. The highest BCUT2D eigenvalue weighted by Crippen LogP contribution is 2.27. The Bertz CT molecular complexity index is 1060. The van der Waals surface area contributed by atoms with E-state index in [1.165, 1.54) is 0 Å². The van der Waals surface area contributed by atoms with Gasteiger partial charge >= 0.3 is 0 Å². The Labute approximate surface area is 193 Å². The van der Waals surface area contributed by atoms with Crippen LogP contribution in [0.15, 0.2) is 66.9 Å². The molecule has 0 spiro atoms. The summed E-state index contributed by atoms with van der Waals surface area (Å²) in [6, 6.07) is 19.9. The van der Waals surface area contributed by atoms with E-state index in [1.54, 1.807) is 6.20 Å². The fourth-order valence-electron chi connectivity index (χ4n) is 4.19. The SMILES string of the molecule is O=C(Nc1ccc(-c2ccnc(N(c3ccccc3)N3CCOCC3)n2)cc1)C1CCNC1. The molecule has 0 radical (unpaired) electrons. The van der Waals surface area contributed by atoms with Gasteiger partial charge in [-0.05, 0) is 43.3 Å². The molecule has 33 heavy (non-hydrogen) atoms. The summed E-state index contributed by atoms with van der Waals surface area (Å²) >= 11 is 0. The van der Waals surface area contributed by atoms with Crippen LogP contribution in [0.3, 0.4) is 0 Å². The second kappa shape index (κ2) is 10.1. The Hall–Kier alpha value is -3.33. The fourth-order valence-corrected chi connectivity index (χ4v) is 4.19. The summed E-state index contributed by atoms with van der Waals surface area (Å²) in [6.07, 6.45) is 2.67. The zero-order chi connectivity index (χ0) is 22.5. The van der Waals surface area contributed by atoms with Gasteiger partial charge in [-0.25, -0.2) is 20.0 Å². The quantitative estimate of drug-likeness (QED) is 0.605. The summed E-state index contributed by atoms with van der Waals surface area (Å²) in [5, 5.41) is 10.5. The molecule has 1 amide bonds. The molecule has 2 fully saturated rings. The number of nitrogens with zero attached hydrogens (tertiary/aromatic N) is 4. The number of ether oxygens (including phenoxy) is 1. The summed E-state index contributed by atoms with van der Waals surface area (Å²) in [5.41, 5.74) is 3.60. The van der Waals surface area contributed by atoms with Crippen molar-refractivity contribution in [3.8, 4) is 11.3 Å². The average Bonchev–Trinajstić information content (AvgIpc) is 3.42. The molecule has 5 rings (SSSR count). The summed E-state index contributed by atoms with van der Waals surface area (Å²) in [5.74, 6) is 0.728. The Morgan fingerprint density at radius 3 is 2.58 bits per heavy atom. The lowest BCUT2D eigenvalue weighted by molar-refractivity contribution is -0.119. The topological polar surface area (TPSA) is 82.6 Å². The van der Waals surface area contributed by atoms with E-state index in [1.807, 2.05) is 48.5 Å². The highest BCUT2D eigenvalue weighted by atomic mass is 16.5. The minimum Gasteiger partial charge on any atom is -0.379 e. The number of carbonyl (C=O) groups excluding carboxylic acids is 1. The zero-order valence-electron chi connectivity index (χ0n) is 18.5. The minimum absolute atomic E-state index is 0.0401. The van der Waals surface area contributed by atoms with Gasteiger partial charge in [0.1, 0.15) is 0 Å². The first-order valence-electron chi connectivity index (χ1n) is 11.4. The normalized spacial score (nSPS) is 18.7. The molecule has 0 bridgehead atoms. The molecule has 2 aliphatic rings. The van der Waals surface area contributed by atoms with E-state index >= 15 is 0 Å². The van der Waals surface area contributed by atoms with Crippen LogP contribution in [0, 0.1) is 5.92 Å². The maximum Gasteiger partial charge on any atom is 0.245 e. The van der Waals surface area contributed by atoms with E-state index < -0.39 is 0 Å². The van der Waals surface area contributed by atoms with Crippen molar-refractivity contribution >= 4 is 23.2 Å². The predicted molar refractivity (Wildman–Crippen MR) is 128 cm³/mol. The van der Waals surface area contributed by atoms with Gasteiger partial charge in [-0.15, -0.1) is 0 Å². The standard InChI is InChI=1S/C25H28N6O2/c32-24(20-10-12-26-18-20)28-21-8-6-19(7-9-21)23-11-13-27-25(29-23)31(22-4-2-1-3-5-22)30-14-16-33-17-15-30/h1-9,11,13,20,26H,10,12,14-18H2,(H,28,32). The van der Waals surface area contributed by atoms with E-state index in [0.29, 0.717) is 19.2 Å².